The molecule has 1 aliphatic carbocycles. The maximum absolute atomic E-state index is 12.8. The standard InChI is InChI=1S/C10H10BF3O2/c12-10(13,14)9(4-5-9)7-2-1-3-8(6-7)11(15)16/h1-3,6,15-16H,4-5H2. The summed E-state index contributed by atoms with van der Waals surface area (Å²) in [7, 11) is -1.73. The molecule has 0 aliphatic heterocycles. The third kappa shape index (κ3) is 1.72. The Balaban J connectivity index is 2.38. The van der Waals surface area contributed by atoms with Crippen molar-refractivity contribution in [2.75, 3.05) is 0 Å². The van der Waals surface area contributed by atoms with Crippen LogP contribution in [0.4, 0.5) is 13.2 Å². The van der Waals surface area contributed by atoms with Gasteiger partial charge in [-0.05, 0) is 23.9 Å². The van der Waals surface area contributed by atoms with Crippen molar-refractivity contribution in [2.45, 2.75) is 24.4 Å². The van der Waals surface area contributed by atoms with Crippen molar-refractivity contribution in [3.8, 4) is 0 Å². The van der Waals surface area contributed by atoms with Crippen LogP contribution in [0.1, 0.15) is 18.4 Å². The molecule has 0 saturated heterocycles. The highest BCUT2D eigenvalue weighted by Gasteiger charge is 2.64. The van der Waals surface area contributed by atoms with Crippen LogP contribution in [0, 0.1) is 0 Å². The monoisotopic (exact) mass is 230 g/mol. The summed E-state index contributed by atoms with van der Waals surface area (Å²) in [5.74, 6) is 0. The van der Waals surface area contributed by atoms with Gasteiger partial charge in [-0.1, -0.05) is 24.3 Å². The molecule has 1 aliphatic rings. The van der Waals surface area contributed by atoms with Crippen LogP contribution in [0.15, 0.2) is 24.3 Å². The van der Waals surface area contributed by atoms with Crippen molar-refractivity contribution >= 4 is 12.6 Å². The van der Waals surface area contributed by atoms with Gasteiger partial charge in [0.25, 0.3) is 0 Å². The van der Waals surface area contributed by atoms with Crippen molar-refractivity contribution < 1.29 is 23.2 Å². The highest BCUT2D eigenvalue weighted by atomic mass is 19.4. The van der Waals surface area contributed by atoms with E-state index in [0.29, 0.717) is 0 Å². The summed E-state index contributed by atoms with van der Waals surface area (Å²) >= 11 is 0. The molecule has 0 atom stereocenters. The van der Waals surface area contributed by atoms with Crippen molar-refractivity contribution in [2.24, 2.45) is 0 Å². The highest BCUT2D eigenvalue weighted by Crippen LogP contribution is 2.58. The van der Waals surface area contributed by atoms with Gasteiger partial charge in [0.1, 0.15) is 0 Å². The van der Waals surface area contributed by atoms with Gasteiger partial charge in [-0.15, -0.1) is 0 Å². The molecule has 0 spiro atoms. The van der Waals surface area contributed by atoms with Gasteiger partial charge in [0.2, 0.25) is 0 Å². The van der Waals surface area contributed by atoms with E-state index >= 15 is 0 Å². The van der Waals surface area contributed by atoms with E-state index in [4.69, 9.17) is 10.0 Å². The average molecular weight is 230 g/mol. The smallest absolute Gasteiger partial charge is 0.423 e. The van der Waals surface area contributed by atoms with Crippen molar-refractivity contribution in [3.05, 3.63) is 29.8 Å². The van der Waals surface area contributed by atoms with E-state index in [0.717, 1.165) is 0 Å². The van der Waals surface area contributed by atoms with E-state index in [1.54, 1.807) is 0 Å². The lowest BCUT2D eigenvalue weighted by Crippen LogP contribution is -2.33. The first-order valence-electron chi connectivity index (χ1n) is 4.90. The third-order valence-electron chi connectivity index (χ3n) is 3.03. The second-order valence-electron chi connectivity index (χ2n) is 4.08. The van der Waals surface area contributed by atoms with E-state index in [9.17, 15) is 13.2 Å². The number of benzene rings is 1. The van der Waals surface area contributed by atoms with E-state index in [1.807, 2.05) is 0 Å². The quantitative estimate of drug-likeness (QED) is 0.743. The lowest BCUT2D eigenvalue weighted by Gasteiger charge is -2.20. The fourth-order valence-electron chi connectivity index (χ4n) is 1.86. The zero-order valence-electron chi connectivity index (χ0n) is 8.33. The maximum atomic E-state index is 12.8. The number of alkyl halides is 3. The summed E-state index contributed by atoms with van der Waals surface area (Å²) in [5.41, 5.74) is -1.56. The summed E-state index contributed by atoms with van der Waals surface area (Å²) in [6.45, 7) is 0. The molecule has 0 heterocycles. The van der Waals surface area contributed by atoms with E-state index in [2.05, 4.69) is 0 Å². The first-order chi connectivity index (χ1) is 7.37. The molecule has 1 fully saturated rings. The zero-order valence-corrected chi connectivity index (χ0v) is 8.33. The second kappa shape index (κ2) is 3.50. The highest BCUT2D eigenvalue weighted by molar-refractivity contribution is 6.58. The fraction of sp³-hybridized carbons (Fsp3) is 0.400. The molecular weight excluding hydrogens is 220 g/mol. The Kier molecular flexibility index (Phi) is 2.51. The molecule has 2 N–H and O–H groups in total. The molecule has 0 amide bonds. The predicted octanol–water partition coefficient (Wildman–Crippen LogP) is 0.960. The van der Waals surface area contributed by atoms with Gasteiger partial charge in [0.15, 0.2) is 0 Å². The van der Waals surface area contributed by atoms with Gasteiger partial charge in [0, 0.05) is 0 Å². The molecule has 2 nitrogen and oxygen atoms in total. The summed E-state index contributed by atoms with van der Waals surface area (Å²) < 4.78 is 38.4. The molecule has 86 valence electrons. The third-order valence-corrected chi connectivity index (χ3v) is 3.03. The van der Waals surface area contributed by atoms with Crippen LogP contribution in [0.3, 0.4) is 0 Å². The molecule has 16 heavy (non-hydrogen) atoms. The molecule has 0 unspecified atom stereocenters. The molecule has 0 aromatic heterocycles. The largest absolute Gasteiger partial charge is 0.488 e. The molecule has 1 aromatic carbocycles. The Hall–Kier alpha value is -1.01. The Bertz CT molecular complexity index is 399. The normalized spacial score (nSPS) is 18.3. The van der Waals surface area contributed by atoms with E-state index < -0.39 is 18.7 Å². The summed E-state index contributed by atoms with van der Waals surface area (Å²) in [6, 6.07) is 5.40. The lowest BCUT2D eigenvalue weighted by molar-refractivity contribution is -0.160. The Morgan fingerprint density at radius 1 is 1.19 bits per heavy atom. The van der Waals surface area contributed by atoms with Gasteiger partial charge >= 0.3 is 13.3 Å². The lowest BCUT2D eigenvalue weighted by atomic mass is 9.78. The fourth-order valence-corrected chi connectivity index (χ4v) is 1.86. The predicted molar refractivity (Wildman–Crippen MR) is 53.2 cm³/mol. The van der Waals surface area contributed by atoms with Crippen LogP contribution in [-0.2, 0) is 5.41 Å². The molecule has 2 rings (SSSR count). The van der Waals surface area contributed by atoms with Crippen LogP contribution < -0.4 is 5.46 Å². The molecular formula is C10H10BF3O2. The van der Waals surface area contributed by atoms with Crippen molar-refractivity contribution in [1.82, 2.24) is 0 Å². The van der Waals surface area contributed by atoms with Crippen LogP contribution in [0.2, 0.25) is 0 Å². The number of hydrogen-bond acceptors (Lipinski definition) is 2. The second-order valence-corrected chi connectivity index (χ2v) is 4.08. The molecule has 0 radical (unpaired) electrons. The molecule has 0 bridgehead atoms. The van der Waals surface area contributed by atoms with E-state index in [-0.39, 0.29) is 23.9 Å². The first-order valence-corrected chi connectivity index (χ1v) is 4.90. The molecule has 1 saturated carbocycles. The van der Waals surface area contributed by atoms with Crippen LogP contribution in [0.25, 0.3) is 0 Å². The maximum Gasteiger partial charge on any atom is 0.488 e. The number of halogens is 3. The van der Waals surface area contributed by atoms with Gasteiger partial charge in [-0.2, -0.15) is 13.2 Å². The van der Waals surface area contributed by atoms with Crippen LogP contribution in [0.5, 0.6) is 0 Å². The summed E-state index contributed by atoms with van der Waals surface area (Å²) in [6.07, 6.45) is -4.13. The minimum Gasteiger partial charge on any atom is -0.423 e. The Labute approximate surface area is 90.9 Å². The minimum atomic E-state index is -4.27. The number of rotatable bonds is 2. The first kappa shape index (κ1) is 11.5. The number of hydrogen-bond donors (Lipinski definition) is 2. The Morgan fingerprint density at radius 2 is 1.81 bits per heavy atom. The Morgan fingerprint density at radius 3 is 2.25 bits per heavy atom. The van der Waals surface area contributed by atoms with Crippen LogP contribution >= 0.6 is 0 Å². The average Bonchev–Trinajstić information content (AvgIpc) is 2.97. The SMILES string of the molecule is OB(O)c1cccc(C2(C(F)(F)F)CC2)c1. The van der Waals surface area contributed by atoms with Gasteiger partial charge in [-0.25, -0.2) is 0 Å². The molecule has 1 aromatic rings. The van der Waals surface area contributed by atoms with Crippen molar-refractivity contribution in [1.29, 1.82) is 0 Å². The van der Waals surface area contributed by atoms with Gasteiger partial charge < -0.3 is 10.0 Å². The van der Waals surface area contributed by atoms with Gasteiger partial charge in [0.05, 0.1) is 5.41 Å². The summed E-state index contributed by atoms with van der Waals surface area (Å²) in [4.78, 5) is 0. The van der Waals surface area contributed by atoms with E-state index in [1.165, 1.54) is 24.3 Å². The van der Waals surface area contributed by atoms with Crippen LogP contribution in [-0.4, -0.2) is 23.3 Å². The minimum absolute atomic E-state index is 0.0709. The topological polar surface area (TPSA) is 40.5 Å². The molecule has 6 heteroatoms. The van der Waals surface area contributed by atoms with Crippen molar-refractivity contribution in [3.63, 3.8) is 0 Å². The summed E-state index contributed by atoms with van der Waals surface area (Å²) in [5, 5.41) is 17.8. The van der Waals surface area contributed by atoms with Gasteiger partial charge in [-0.3, -0.25) is 0 Å². The zero-order chi connectivity index (χ0) is 12.0.